The molecule has 1 fully saturated rings. The Balaban J connectivity index is 2.11. The van der Waals surface area contributed by atoms with Crippen LogP contribution >= 0.6 is 0 Å². The summed E-state index contributed by atoms with van der Waals surface area (Å²) < 4.78 is 38.4. The van der Waals surface area contributed by atoms with Crippen molar-refractivity contribution in [1.29, 1.82) is 0 Å². The molecule has 0 saturated heterocycles. The van der Waals surface area contributed by atoms with Gasteiger partial charge in [0.1, 0.15) is 0 Å². The zero-order chi connectivity index (χ0) is 13.9. The molecular weight excluding hydrogens is 257 g/mol. The lowest BCUT2D eigenvalue weighted by Crippen LogP contribution is -2.38. The van der Waals surface area contributed by atoms with Crippen molar-refractivity contribution in [1.82, 2.24) is 15.4 Å². The second kappa shape index (κ2) is 5.83. The van der Waals surface area contributed by atoms with Gasteiger partial charge < -0.3 is 0 Å². The van der Waals surface area contributed by atoms with Gasteiger partial charge in [-0.3, -0.25) is 21.2 Å². The molecule has 3 N–H and O–H groups in total. The third kappa shape index (κ3) is 3.42. The highest BCUT2D eigenvalue weighted by molar-refractivity contribution is 5.04. The van der Waals surface area contributed by atoms with Gasteiger partial charge in [0.2, 0.25) is 0 Å². The molecule has 1 aromatic rings. The summed E-state index contributed by atoms with van der Waals surface area (Å²) in [5.41, 5.74) is 3.19. The van der Waals surface area contributed by atoms with Crippen molar-refractivity contribution < 1.29 is 13.2 Å². The van der Waals surface area contributed by atoms with Crippen LogP contribution in [0.25, 0.3) is 0 Å². The number of nitrogens with zero attached hydrogens (tertiary/aromatic N) is 2. The van der Waals surface area contributed by atoms with Crippen molar-refractivity contribution >= 4 is 0 Å². The number of hydrogen-bond donors (Lipinski definition) is 2. The van der Waals surface area contributed by atoms with E-state index < -0.39 is 12.1 Å². The number of nitrogens with one attached hydrogen (secondary N) is 1. The third-order valence-corrected chi connectivity index (χ3v) is 3.73. The lowest BCUT2D eigenvalue weighted by Gasteiger charge is -2.34. The standard InChI is InChI=1S/C12H17F3N4/c13-12(14,15)9-3-1-2-8(6-9)11(19-16)10-7-17-4-5-18-10/h4-5,7-9,11,19H,1-3,6,16H2. The molecule has 1 aliphatic rings. The van der Waals surface area contributed by atoms with Crippen molar-refractivity contribution in [2.45, 2.75) is 37.9 Å². The maximum Gasteiger partial charge on any atom is 0.391 e. The molecule has 7 heteroatoms. The van der Waals surface area contributed by atoms with Crippen LogP contribution in [0.2, 0.25) is 0 Å². The first-order chi connectivity index (χ1) is 9.02. The lowest BCUT2D eigenvalue weighted by molar-refractivity contribution is -0.186. The van der Waals surface area contributed by atoms with Crippen molar-refractivity contribution in [2.24, 2.45) is 17.7 Å². The second-order valence-electron chi connectivity index (χ2n) is 4.94. The normalized spacial score (nSPS) is 26.1. The van der Waals surface area contributed by atoms with Gasteiger partial charge in [-0.1, -0.05) is 6.42 Å². The molecule has 1 aliphatic carbocycles. The molecule has 3 unspecified atom stereocenters. The molecule has 0 radical (unpaired) electrons. The summed E-state index contributed by atoms with van der Waals surface area (Å²) in [4.78, 5) is 8.06. The summed E-state index contributed by atoms with van der Waals surface area (Å²) in [6.45, 7) is 0. The van der Waals surface area contributed by atoms with Gasteiger partial charge >= 0.3 is 6.18 Å². The Kier molecular flexibility index (Phi) is 4.36. The van der Waals surface area contributed by atoms with E-state index in [1.165, 1.54) is 12.4 Å². The van der Waals surface area contributed by atoms with Crippen molar-refractivity contribution in [3.8, 4) is 0 Å². The highest BCUT2D eigenvalue weighted by atomic mass is 19.4. The van der Waals surface area contributed by atoms with Crippen LogP contribution in [0.3, 0.4) is 0 Å². The van der Waals surface area contributed by atoms with E-state index in [1.807, 2.05) is 0 Å². The zero-order valence-corrected chi connectivity index (χ0v) is 10.4. The Bertz CT molecular complexity index is 396. The van der Waals surface area contributed by atoms with Gasteiger partial charge in [0, 0.05) is 12.4 Å². The molecule has 106 valence electrons. The second-order valence-corrected chi connectivity index (χ2v) is 4.94. The minimum absolute atomic E-state index is 0.0922. The summed E-state index contributed by atoms with van der Waals surface area (Å²) in [5, 5.41) is 0. The molecule has 1 aromatic heterocycles. The molecule has 1 heterocycles. The van der Waals surface area contributed by atoms with E-state index in [1.54, 1.807) is 6.20 Å². The van der Waals surface area contributed by atoms with Gasteiger partial charge in [-0.05, 0) is 25.2 Å². The molecule has 1 saturated carbocycles. The van der Waals surface area contributed by atoms with Crippen LogP contribution in [0.15, 0.2) is 18.6 Å². The number of alkyl halides is 3. The number of hydrazine groups is 1. The van der Waals surface area contributed by atoms with E-state index in [2.05, 4.69) is 15.4 Å². The first kappa shape index (κ1) is 14.2. The maximum atomic E-state index is 12.8. The minimum atomic E-state index is -4.12. The van der Waals surface area contributed by atoms with E-state index in [4.69, 9.17) is 5.84 Å². The molecule has 0 aromatic carbocycles. The van der Waals surface area contributed by atoms with E-state index in [-0.39, 0.29) is 24.8 Å². The molecule has 0 spiro atoms. The minimum Gasteiger partial charge on any atom is -0.271 e. The molecule has 2 rings (SSSR count). The van der Waals surface area contributed by atoms with Crippen LogP contribution in [0.4, 0.5) is 13.2 Å². The number of aromatic nitrogens is 2. The topological polar surface area (TPSA) is 63.8 Å². The Hall–Kier alpha value is -1.21. The van der Waals surface area contributed by atoms with Crippen LogP contribution in [0.5, 0.6) is 0 Å². The van der Waals surface area contributed by atoms with Gasteiger partial charge in [-0.15, -0.1) is 0 Å². The van der Waals surface area contributed by atoms with Crippen LogP contribution in [0, 0.1) is 11.8 Å². The molecule has 19 heavy (non-hydrogen) atoms. The van der Waals surface area contributed by atoms with Crippen LogP contribution in [-0.2, 0) is 0 Å². The first-order valence-electron chi connectivity index (χ1n) is 6.31. The largest absolute Gasteiger partial charge is 0.391 e. The average Bonchev–Trinajstić information content (AvgIpc) is 2.40. The summed E-state index contributed by atoms with van der Waals surface area (Å²) >= 11 is 0. The average molecular weight is 274 g/mol. The fourth-order valence-corrected chi connectivity index (χ4v) is 2.76. The first-order valence-corrected chi connectivity index (χ1v) is 6.31. The monoisotopic (exact) mass is 274 g/mol. The van der Waals surface area contributed by atoms with Crippen LogP contribution in [0.1, 0.15) is 37.4 Å². The van der Waals surface area contributed by atoms with E-state index in [0.717, 1.165) is 6.42 Å². The van der Waals surface area contributed by atoms with Crippen LogP contribution in [-0.4, -0.2) is 16.1 Å². The molecule has 4 nitrogen and oxygen atoms in total. The Morgan fingerprint density at radius 3 is 2.68 bits per heavy atom. The summed E-state index contributed by atoms with van der Waals surface area (Å²) in [6.07, 6.45) is 2.04. The van der Waals surface area contributed by atoms with Gasteiger partial charge in [0.25, 0.3) is 0 Å². The summed E-state index contributed by atoms with van der Waals surface area (Å²) in [5.74, 6) is 4.09. The van der Waals surface area contributed by atoms with E-state index in [9.17, 15) is 13.2 Å². The van der Waals surface area contributed by atoms with Crippen molar-refractivity contribution in [3.63, 3.8) is 0 Å². The molecule has 0 bridgehead atoms. The SMILES string of the molecule is NNC(c1cnccn1)C1CCCC(C(F)(F)F)C1. The summed E-state index contributed by atoms with van der Waals surface area (Å²) in [6, 6.07) is -0.376. The zero-order valence-electron chi connectivity index (χ0n) is 10.4. The number of hydrogen-bond acceptors (Lipinski definition) is 4. The Labute approximate surface area is 109 Å². The maximum absolute atomic E-state index is 12.8. The smallest absolute Gasteiger partial charge is 0.271 e. The molecule has 3 atom stereocenters. The Morgan fingerprint density at radius 1 is 1.32 bits per heavy atom. The highest BCUT2D eigenvalue weighted by Gasteiger charge is 2.43. The third-order valence-electron chi connectivity index (χ3n) is 3.73. The molecule has 0 aliphatic heterocycles. The predicted octanol–water partition coefficient (Wildman–Crippen LogP) is 2.35. The van der Waals surface area contributed by atoms with Gasteiger partial charge in [-0.25, -0.2) is 0 Å². The van der Waals surface area contributed by atoms with Crippen molar-refractivity contribution in [2.75, 3.05) is 0 Å². The fraction of sp³-hybridized carbons (Fsp3) is 0.667. The van der Waals surface area contributed by atoms with Gasteiger partial charge in [0.05, 0.1) is 23.9 Å². The fourth-order valence-electron chi connectivity index (χ4n) is 2.76. The molecule has 0 amide bonds. The van der Waals surface area contributed by atoms with Crippen LogP contribution < -0.4 is 11.3 Å². The Morgan fingerprint density at radius 2 is 2.11 bits per heavy atom. The van der Waals surface area contributed by atoms with Gasteiger partial charge in [-0.2, -0.15) is 13.2 Å². The highest BCUT2D eigenvalue weighted by Crippen LogP contribution is 2.43. The predicted molar refractivity (Wildman–Crippen MR) is 63.6 cm³/mol. The lowest BCUT2D eigenvalue weighted by atomic mass is 9.77. The summed E-state index contributed by atoms with van der Waals surface area (Å²) in [7, 11) is 0. The van der Waals surface area contributed by atoms with E-state index >= 15 is 0 Å². The quantitative estimate of drug-likeness (QED) is 0.656. The van der Waals surface area contributed by atoms with E-state index in [0.29, 0.717) is 12.1 Å². The molecular formula is C12H17F3N4. The van der Waals surface area contributed by atoms with Gasteiger partial charge in [0.15, 0.2) is 0 Å². The number of halogens is 3. The number of nitrogens with two attached hydrogens (primary N) is 1. The number of rotatable bonds is 3. The van der Waals surface area contributed by atoms with Crippen molar-refractivity contribution in [3.05, 3.63) is 24.3 Å².